The summed E-state index contributed by atoms with van der Waals surface area (Å²) in [7, 11) is 1.66. The monoisotopic (exact) mass is 277 g/mol. The number of hydrogen-bond acceptors (Lipinski definition) is 5. The summed E-state index contributed by atoms with van der Waals surface area (Å²) >= 11 is 0. The molecule has 5 nitrogen and oxygen atoms in total. The third kappa shape index (κ3) is 14.0. The molecule has 0 aromatic carbocycles. The van der Waals surface area contributed by atoms with E-state index >= 15 is 0 Å². The molecule has 0 aliphatic carbocycles. The maximum Gasteiger partial charge on any atom is 0.0701 e. The molecule has 0 saturated carbocycles. The Morgan fingerprint density at radius 1 is 0.737 bits per heavy atom. The molecule has 0 amide bonds. The summed E-state index contributed by atoms with van der Waals surface area (Å²) in [5.74, 6) is 0.654. The largest absolute Gasteiger partial charge is 0.382 e. The number of nitrogens with one attached hydrogen (secondary N) is 1. The highest BCUT2D eigenvalue weighted by atomic mass is 16.6. The van der Waals surface area contributed by atoms with Crippen LogP contribution in [0.25, 0.3) is 0 Å². The van der Waals surface area contributed by atoms with Gasteiger partial charge in [0.25, 0.3) is 0 Å². The normalized spacial score (nSPS) is 13.1. The van der Waals surface area contributed by atoms with Crippen LogP contribution in [0.2, 0.25) is 0 Å². The molecule has 0 aromatic heterocycles. The zero-order valence-corrected chi connectivity index (χ0v) is 12.9. The third-order valence-electron chi connectivity index (χ3n) is 2.89. The van der Waals surface area contributed by atoms with Crippen molar-refractivity contribution in [2.24, 2.45) is 5.92 Å². The van der Waals surface area contributed by atoms with Gasteiger partial charge in [0.2, 0.25) is 0 Å². The summed E-state index contributed by atoms with van der Waals surface area (Å²) in [5.41, 5.74) is 0. The quantitative estimate of drug-likeness (QED) is 0.485. The first kappa shape index (κ1) is 18.8. The van der Waals surface area contributed by atoms with Crippen molar-refractivity contribution < 1.29 is 18.9 Å². The van der Waals surface area contributed by atoms with Crippen molar-refractivity contribution in [3.63, 3.8) is 0 Å². The molecule has 116 valence electrons. The summed E-state index contributed by atoms with van der Waals surface area (Å²) < 4.78 is 21.0. The van der Waals surface area contributed by atoms with Crippen molar-refractivity contribution in [2.75, 3.05) is 59.9 Å². The lowest BCUT2D eigenvalue weighted by molar-refractivity contribution is 0.00387. The van der Waals surface area contributed by atoms with Gasteiger partial charge in [-0.15, -0.1) is 0 Å². The van der Waals surface area contributed by atoms with Crippen LogP contribution >= 0.6 is 0 Å². The smallest absolute Gasteiger partial charge is 0.0701 e. The molecule has 0 fully saturated rings. The minimum Gasteiger partial charge on any atom is -0.382 e. The highest BCUT2D eigenvalue weighted by molar-refractivity contribution is 4.63. The average molecular weight is 277 g/mol. The van der Waals surface area contributed by atoms with Crippen LogP contribution < -0.4 is 5.32 Å². The maximum atomic E-state index is 5.46. The first-order valence-corrected chi connectivity index (χ1v) is 7.14. The van der Waals surface area contributed by atoms with Crippen LogP contribution in [-0.2, 0) is 18.9 Å². The summed E-state index contributed by atoms with van der Waals surface area (Å²) in [6.07, 6.45) is 0. The molecule has 5 heteroatoms. The van der Waals surface area contributed by atoms with Gasteiger partial charge in [-0.1, -0.05) is 13.8 Å². The first-order valence-electron chi connectivity index (χ1n) is 7.14. The number of ether oxygens (including phenoxy) is 4. The van der Waals surface area contributed by atoms with Crippen LogP contribution in [0.3, 0.4) is 0 Å². The van der Waals surface area contributed by atoms with Crippen LogP contribution in [0.5, 0.6) is 0 Å². The standard InChI is InChI=1S/C14H31NO4/c1-13(2)14(3)15-5-6-17-9-10-19-12-11-18-8-7-16-4/h13-15H,5-12H2,1-4H3. The van der Waals surface area contributed by atoms with Crippen molar-refractivity contribution in [3.8, 4) is 0 Å². The third-order valence-corrected chi connectivity index (χ3v) is 2.89. The van der Waals surface area contributed by atoms with E-state index < -0.39 is 0 Å². The molecule has 0 heterocycles. The van der Waals surface area contributed by atoms with Crippen molar-refractivity contribution >= 4 is 0 Å². The molecule has 1 atom stereocenters. The van der Waals surface area contributed by atoms with Gasteiger partial charge >= 0.3 is 0 Å². The molecule has 0 bridgehead atoms. The Morgan fingerprint density at radius 2 is 1.21 bits per heavy atom. The molecular weight excluding hydrogens is 246 g/mol. The lowest BCUT2D eigenvalue weighted by Crippen LogP contribution is -2.33. The fourth-order valence-electron chi connectivity index (χ4n) is 1.28. The molecule has 0 aromatic rings. The Hall–Kier alpha value is -0.200. The Bertz CT molecular complexity index is 179. The van der Waals surface area contributed by atoms with Crippen molar-refractivity contribution in [3.05, 3.63) is 0 Å². The molecule has 19 heavy (non-hydrogen) atoms. The topological polar surface area (TPSA) is 49.0 Å². The minimum atomic E-state index is 0.532. The van der Waals surface area contributed by atoms with Crippen LogP contribution in [0.4, 0.5) is 0 Å². The summed E-state index contributed by atoms with van der Waals surface area (Å²) in [5, 5.41) is 3.42. The number of methoxy groups -OCH3 is 1. The first-order chi connectivity index (χ1) is 9.18. The van der Waals surface area contributed by atoms with E-state index in [1.165, 1.54) is 0 Å². The van der Waals surface area contributed by atoms with Crippen molar-refractivity contribution in [1.29, 1.82) is 0 Å². The Morgan fingerprint density at radius 3 is 1.68 bits per heavy atom. The molecule has 0 radical (unpaired) electrons. The van der Waals surface area contributed by atoms with Gasteiger partial charge in [0, 0.05) is 19.7 Å². The summed E-state index contributed by atoms with van der Waals surface area (Å²) in [6.45, 7) is 11.9. The Kier molecular flexibility index (Phi) is 14.1. The molecule has 0 rings (SSSR count). The van der Waals surface area contributed by atoms with E-state index in [0.717, 1.165) is 13.2 Å². The molecule has 1 unspecified atom stereocenters. The predicted molar refractivity (Wildman–Crippen MR) is 76.6 cm³/mol. The highest BCUT2D eigenvalue weighted by Crippen LogP contribution is 1.98. The predicted octanol–water partition coefficient (Wildman–Crippen LogP) is 1.32. The Labute approximate surface area is 117 Å². The minimum absolute atomic E-state index is 0.532. The Balaban J connectivity index is 3.03. The lowest BCUT2D eigenvalue weighted by atomic mass is 10.1. The average Bonchev–Trinajstić information content (AvgIpc) is 2.39. The zero-order valence-electron chi connectivity index (χ0n) is 12.9. The molecule has 0 spiro atoms. The fraction of sp³-hybridized carbons (Fsp3) is 1.00. The van der Waals surface area contributed by atoms with Gasteiger partial charge in [-0.05, 0) is 12.8 Å². The van der Waals surface area contributed by atoms with Gasteiger partial charge in [0.1, 0.15) is 0 Å². The van der Waals surface area contributed by atoms with E-state index in [2.05, 4.69) is 26.1 Å². The second-order valence-corrected chi connectivity index (χ2v) is 4.82. The van der Waals surface area contributed by atoms with E-state index in [9.17, 15) is 0 Å². The molecule has 0 saturated heterocycles. The summed E-state index contributed by atoms with van der Waals surface area (Å²) in [6, 6.07) is 0.532. The molecular formula is C14H31NO4. The van der Waals surface area contributed by atoms with Crippen LogP contribution in [0.1, 0.15) is 20.8 Å². The van der Waals surface area contributed by atoms with Gasteiger partial charge in [0.05, 0.1) is 46.2 Å². The summed E-state index contributed by atoms with van der Waals surface area (Å²) in [4.78, 5) is 0. The van der Waals surface area contributed by atoms with Gasteiger partial charge in [-0.2, -0.15) is 0 Å². The van der Waals surface area contributed by atoms with E-state index in [1.807, 2.05) is 0 Å². The van der Waals surface area contributed by atoms with E-state index in [-0.39, 0.29) is 0 Å². The van der Waals surface area contributed by atoms with Gasteiger partial charge in [0.15, 0.2) is 0 Å². The maximum absolute atomic E-state index is 5.46. The molecule has 0 aliphatic rings. The molecule has 1 N–H and O–H groups in total. The van der Waals surface area contributed by atoms with Gasteiger partial charge in [-0.3, -0.25) is 0 Å². The second kappa shape index (κ2) is 14.2. The molecule has 0 aliphatic heterocycles. The van der Waals surface area contributed by atoms with E-state index in [4.69, 9.17) is 18.9 Å². The SMILES string of the molecule is COCCOCCOCCOCCNC(C)C(C)C. The lowest BCUT2D eigenvalue weighted by Gasteiger charge is -2.17. The van der Waals surface area contributed by atoms with Crippen LogP contribution in [-0.4, -0.2) is 65.9 Å². The van der Waals surface area contributed by atoms with Gasteiger partial charge in [-0.25, -0.2) is 0 Å². The van der Waals surface area contributed by atoms with Crippen molar-refractivity contribution in [2.45, 2.75) is 26.8 Å². The number of rotatable bonds is 14. The second-order valence-electron chi connectivity index (χ2n) is 4.82. The zero-order chi connectivity index (χ0) is 14.3. The van der Waals surface area contributed by atoms with E-state index in [1.54, 1.807) is 7.11 Å². The van der Waals surface area contributed by atoms with Crippen LogP contribution in [0.15, 0.2) is 0 Å². The van der Waals surface area contributed by atoms with Crippen LogP contribution in [0, 0.1) is 5.92 Å². The van der Waals surface area contributed by atoms with Crippen molar-refractivity contribution in [1.82, 2.24) is 5.32 Å². The fourth-order valence-corrected chi connectivity index (χ4v) is 1.28. The van der Waals surface area contributed by atoms with E-state index in [0.29, 0.717) is 51.6 Å². The highest BCUT2D eigenvalue weighted by Gasteiger charge is 2.04. The number of hydrogen-bond donors (Lipinski definition) is 1. The van der Waals surface area contributed by atoms with Gasteiger partial charge < -0.3 is 24.3 Å².